The maximum Gasteiger partial charge on any atom is 0.328 e. The van der Waals surface area contributed by atoms with Gasteiger partial charge in [0.15, 0.2) is 0 Å². The van der Waals surface area contributed by atoms with Crippen LogP contribution < -0.4 is 10.1 Å². The smallest absolute Gasteiger partial charge is 0.328 e. The van der Waals surface area contributed by atoms with E-state index >= 15 is 0 Å². The summed E-state index contributed by atoms with van der Waals surface area (Å²) in [5.41, 5.74) is 1.73. The number of rotatable bonds is 7. The molecule has 0 aliphatic carbocycles. The summed E-state index contributed by atoms with van der Waals surface area (Å²) < 4.78 is 16.4. The summed E-state index contributed by atoms with van der Waals surface area (Å²) in [4.78, 5) is 12.4. The highest BCUT2D eigenvalue weighted by Gasteiger charge is 2.41. The fraction of sp³-hybridized carbons (Fsp3) is 0.421. The molecule has 1 N–H and O–H groups in total. The predicted octanol–water partition coefficient (Wildman–Crippen LogP) is 2.94. The van der Waals surface area contributed by atoms with E-state index in [9.17, 15) is 4.79 Å². The Labute approximate surface area is 143 Å². The van der Waals surface area contributed by atoms with E-state index < -0.39 is 6.04 Å². The van der Waals surface area contributed by atoms with Crippen LogP contribution in [0.15, 0.2) is 30.9 Å². The number of benzene rings is 1. The van der Waals surface area contributed by atoms with Crippen LogP contribution in [0.2, 0.25) is 0 Å². The number of esters is 1. The molecule has 0 fully saturated rings. The number of ether oxygens (including phenoxy) is 3. The second-order valence-corrected chi connectivity index (χ2v) is 5.45. The van der Waals surface area contributed by atoms with Crippen molar-refractivity contribution in [2.45, 2.75) is 25.5 Å². The quantitative estimate of drug-likeness (QED) is 0.473. The van der Waals surface area contributed by atoms with Gasteiger partial charge in [-0.15, -0.1) is 13.0 Å². The number of fused-ring (bicyclic) bond motifs is 1. The number of methoxy groups -OCH3 is 1. The van der Waals surface area contributed by atoms with E-state index in [-0.39, 0.29) is 24.6 Å². The van der Waals surface area contributed by atoms with Crippen molar-refractivity contribution >= 4 is 11.7 Å². The topological polar surface area (TPSA) is 56.8 Å². The van der Waals surface area contributed by atoms with Crippen molar-refractivity contribution in [2.24, 2.45) is 5.92 Å². The molecule has 1 aliphatic heterocycles. The van der Waals surface area contributed by atoms with Gasteiger partial charge in [-0.05, 0) is 31.5 Å². The lowest BCUT2D eigenvalue weighted by atomic mass is 9.82. The molecular weight excluding hydrogens is 306 g/mol. The first-order chi connectivity index (χ1) is 11.7. The second kappa shape index (κ2) is 8.42. The number of allylic oxidation sites excluding steroid dienone is 1. The van der Waals surface area contributed by atoms with E-state index in [1.165, 1.54) is 0 Å². The lowest BCUT2D eigenvalue weighted by molar-refractivity contribution is -0.147. The molecule has 1 heterocycles. The van der Waals surface area contributed by atoms with E-state index in [0.29, 0.717) is 13.0 Å². The highest BCUT2D eigenvalue weighted by molar-refractivity contribution is 5.81. The molecule has 1 aromatic rings. The van der Waals surface area contributed by atoms with Crippen molar-refractivity contribution in [3.05, 3.63) is 36.4 Å². The van der Waals surface area contributed by atoms with Crippen molar-refractivity contribution in [1.29, 1.82) is 0 Å². The monoisotopic (exact) mass is 329 g/mol. The van der Waals surface area contributed by atoms with Crippen LogP contribution in [-0.2, 0) is 14.3 Å². The van der Waals surface area contributed by atoms with Gasteiger partial charge in [-0.3, -0.25) is 0 Å². The Kier molecular flexibility index (Phi) is 6.28. The van der Waals surface area contributed by atoms with E-state index in [4.69, 9.17) is 20.6 Å². The molecule has 5 nitrogen and oxygen atoms in total. The number of nitrogens with one attached hydrogen (secondary N) is 1. The normalized spacial score (nSPS) is 21.8. The van der Waals surface area contributed by atoms with Gasteiger partial charge in [0, 0.05) is 17.2 Å². The Morgan fingerprint density at radius 2 is 2.29 bits per heavy atom. The molecule has 0 spiro atoms. The first-order valence-corrected chi connectivity index (χ1v) is 7.93. The molecule has 128 valence electrons. The van der Waals surface area contributed by atoms with E-state index in [1.807, 2.05) is 18.2 Å². The van der Waals surface area contributed by atoms with Crippen LogP contribution in [0, 0.1) is 18.3 Å². The summed E-state index contributed by atoms with van der Waals surface area (Å²) >= 11 is 0. The number of terminal acetylenes is 1. The molecule has 1 aliphatic rings. The van der Waals surface area contributed by atoms with Gasteiger partial charge in [0.1, 0.15) is 18.4 Å². The Hall–Kier alpha value is -2.45. The number of carbonyl (C=O) groups excluding carboxylic acids is 1. The highest BCUT2D eigenvalue weighted by atomic mass is 16.5. The third-order valence-electron chi connectivity index (χ3n) is 4.02. The molecule has 24 heavy (non-hydrogen) atoms. The summed E-state index contributed by atoms with van der Waals surface area (Å²) in [7, 11) is 1.61. The minimum atomic E-state index is -0.522. The molecule has 2 rings (SSSR count). The van der Waals surface area contributed by atoms with Crippen molar-refractivity contribution in [3.63, 3.8) is 0 Å². The standard InChI is InChI=1S/C19H23NO4/c1-5-8-14-17(19(21)23-7-3)20-16-10-9-13(22-4)12-15(16)18(14)24-11-6-2/h2,5,9-10,12,14,17-18,20H,1,7-8,11H2,3-4H3/t14-,17-,18+/m0/s1. The average molecular weight is 329 g/mol. The zero-order valence-electron chi connectivity index (χ0n) is 14.1. The zero-order chi connectivity index (χ0) is 17.5. The van der Waals surface area contributed by atoms with Crippen molar-refractivity contribution in [1.82, 2.24) is 0 Å². The van der Waals surface area contributed by atoms with E-state index in [0.717, 1.165) is 17.0 Å². The van der Waals surface area contributed by atoms with Gasteiger partial charge in [0.2, 0.25) is 0 Å². The minimum Gasteiger partial charge on any atom is -0.497 e. The number of hydrogen-bond acceptors (Lipinski definition) is 5. The Morgan fingerprint density at radius 1 is 1.50 bits per heavy atom. The molecule has 1 aromatic carbocycles. The number of hydrogen-bond donors (Lipinski definition) is 1. The molecule has 3 atom stereocenters. The maximum atomic E-state index is 12.4. The van der Waals surface area contributed by atoms with Gasteiger partial charge in [-0.1, -0.05) is 12.0 Å². The van der Waals surface area contributed by atoms with Gasteiger partial charge in [-0.2, -0.15) is 0 Å². The van der Waals surface area contributed by atoms with Crippen molar-refractivity contribution < 1.29 is 19.0 Å². The van der Waals surface area contributed by atoms with Gasteiger partial charge < -0.3 is 19.5 Å². The van der Waals surface area contributed by atoms with E-state index in [1.54, 1.807) is 20.1 Å². The summed E-state index contributed by atoms with van der Waals surface area (Å²) in [6.07, 6.45) is 7.37. The summed E-state index contributed by atoms with van der Waals surface area (Å²) in [6.45, 7) is 6.06. The molecule has 0 amide bonds. The number of anilines is 1. The van der Waals surface area contributed by atoms with Crippen LogP contribution in [-0.4, -0.2) is 32.3 Å². The maximum absolute atomic E-state index is 12.4. The Morgan fingerprint density at radius 3 is 2.92 bits per heavy atom. The average Bonchev–Trinajstić information content (AvgIpc) is 2.60. The summed E-state index contributed by atoms with van der Waals surface area (Å²) in [5, 5.41) is 3.26. The molecule has 0 unspecified atom stereocenters. The van der Waals surface area contributed by atoms with Crippen molar-refractivity contribution in [2.75, 3.05) is 25.6 Å². The lowest BCUT2D eigenvalue weighted by Gasteiger charge is -2.38. The predicted molar refractivity (Wildman–Crippen MR) is 92.9 cm³/mol. The van der Waals surface area contributed by atoms with Crippen molar-refractivity contribution in [3.8, 4) is 18.1 Å². The van der Waals surface area contributed by atoms with Crippen LogP contribution >= 0.6 is 0 Å². The highest BCUT2D eigenvalue weighted by Crippen LogP contribution is 2.42. The van der Waals surface area contributed by atoms with Gasteiger partial charge >= 0.3 is 5.97 Å². The largest absolute Gasteiger partial charge is 0.497 e. The Bertz CT molecular complexity index is 635. The molecule has 5 heteroatoms. The molecule has 0 radical (unpaired) electrons. The van der Waals surface area contributed by atoms with Crippen LogP contribution in [0.3, 0.4) is 0 Å². The molecular formula is C19H23NO4. The Balaban J connectivity index is 2.45. The first-order valence-electron chi connectivity index (χ1n) is 7.93. The van der Waals surface area contributed by atoms with Crippen LogP contribution in [0.25, 0.3) is 0 Å². The zero-order valence-corrected chi connectivity index (χ0v) is 14.1. The first kappa shape index (κ1) is 17.9. The third-order valence-corrected chi connectivity index (χ3v) is 4.02. The van der Waals surface area contributed by atoms with Gasteiger partial charge in [0.05, 0.1) is 19.8 Å². The second-order valence-electron chi connectivity index (χ2n) is 5.45. The summed E-state index contributed by atoms with van der Waals surface area (Å²) in [5.74, 6) is 2.73. The fourth-order valence-electron chi connectivity index (χ4n) is 2.98. The van der Waals surface area contributed by atoms with Crippen LogP contribution in [0.4, 0.5) is 5.69 Å². The van der Waals surface area contributed by atoms with Gasteiger partial charge in [0.25, 0.3) is 0 Å². The lowest BCUT2D eigenvalue weighted by Crippen LogP contribution is -2.45. The molecule has 0 saturated carbocycles. The molecule has 0 aromatic heterocycles. The van der Waals surface area contributed by atoms with Crippen LogP contribution in [0.5, 0.6) is 5.75 Å². The third kappa shape index (κ3) is 3.72. The van der Waals surface area contributed by atoms with Gasteiger partial charge in [-0.25, -0.2) is 4.79 Å². The number of carbonyl (C=O) groups is 1. The SMILES string of the molecule is C#CCO[C@H]1c2cc(OC)ccc2N[C@H](C(=O)OCC)[C@@H]1CC=C. The summed E-state index contributed by atoms with van der Waals surface area (Å²) in [6, 6.07) is 5.09. The fourth-order valence-corrected chi connectivity index (χ4v) is 2.98. The van der Waals surface area contributed by atoms with E-state index in [2.05, 4.69) is 17.8 Å². The molecule has 0 bridgehead atoms. The van der Waals surface area contributed by atoms with Crippen LogP contribution in [0.1, 0.15) is 25.0 Å². The molecule has 0 saturated heterocycles. The minimum absolute atomic E-state index is 0.157.